The zero-order valence-corrected chi connectivity index (χ0v) is 8.82. The third-order valence-corrected chi connectivity index (χ3v) is 2.06. The molecule has 14 heavy (non-hydrogen) atoms. The van der Waals surface area contributed by atoms with E-state index >= 15 is 0 Å². The lowest BCUT2D eigenvalue weighted by atomic mass is 10.4. The van der Waals surface area contributed by atoms with Crippen molar-refractivity contribution in [1.82, 2.24) is 19.6 Å². The van der Waals surface area contributed by atoms with Crippen LogP contribution in [0.1, 0.15) is 11.5 Å². The van der Waals surface area contributed by atoms with E-state index < -0.39 is 0 Å². The van der Waals surface area contributed by atoms with Gasteiger partial charge in [-0.1, -0.05) is 0 Å². The lowest BCUT2D eigenvalue weighted by molar-refractivity contribution is 0.181. The summed E-state index contributed by atoms with van der Waals surface area (Å²) in [7, 11) is 1.62. The van der Waals surface area contributed by atoms with Gasteiger partial charge >= 0.3 is 0 Å². The van der Waals surface area contributed by atoms with Gasteiger partial charge in [0.1, 0.15) is 10.9 Å². The lowest BCUT2D eigenvalue weighted by Crippen LogP contribution is -1.99. The fourth-order valence-corrected chi connectivity index (χ4v) is 1.51. The van der Waals surface area contributed by atoms with Crippen molar-refractivity contribution < 1.29 is 4.74 Å². The zero-order chi connectivity index (χ0) is 10.1. The molecule has 0 radical (unpaired) electrons. The van der Waals surface area contributed by atoms with Crippen LogP contribution in [0, 0.1) is 6.92 Å². The predicted molar refractivity (Wildman–Crippen MR) is 53.5 cm³/mol. The number of thiol groups is 1. The smallest absolute Gasteiger partial charge is 0.253 e. The first kappa shape index (κ1) is 9.42. The summed E-state index contributed by atoms with van der Waals surface area (Å²) in [5.74, 6) is 1.24. The van der Waals surface area contributed by atoms with Gasteiger partial charge in [0.25, 0.3) is 5.78 Å². The van der Waals surface area contributed by atoms with Gasteiger partial charge < -0.3 is 4.74 Å². The molecule has 0 atom stereocenters. The zero-order valence-electron chi connectivity index (χ0n) is 7.93. The summed E-state index contributed by atoms with van der Waals surface area (Å²) < 4.78 is 6.58. The van der Waals surface area contributed by atoms with E-state index in [0.29, 0.717) is 23.2 Å². The van der Waals surface area contributed by atoms with Gasteiger partial charge in [0.15, 0.2) is 0 Å². The fourth-order valence-electron chi connectivity index (χ4n) is 1.22. The van der Waals surface area contributed by atoms with Crippen molar-refractivity contribution in [1.29, 1.82) is 0 Å². The fraction of sp³-hybridized carbons (Fsp3) is 0.375. The summed E-state index contributed by atoms with van der Waals surface area (Å²) >= 11 is 4.29. The van der Waals surface area contributed by atoms with E-state index in [2.05, 4.69) is 27.7 Å². The van der Waals surface area contributed by atoms with Crippen LogP contribution >= 0.6 is 12.6 Å². The molecule has 2 heterocycles. The molecule has 0 saturated carbocycles. The van der Waals surface area contributed by atoms with Crippen LogP contribution in [0.5, 0.6) is 0 Å². The van der Waals surface area contributed by atoms with Crippen LogP contribution in [0.4, 0.5) is 0 Å². The van der Waals surface area contributed by atoms with Crippen molar-refractivity contribution in [2.45, 2.75) is 18.6 Å². The van der Waals surface area contributed by atoms with Gasteiger partial charge in [0, 0.05) is 7.11 Å². The molecule has 0 aliphatic heterocycles. The molecular formula is C8H10N4OS. The third kappa shape index (κ3) is 1.58. The van der Waals surface area contributed by atoms with E-state index in [1.165, 1.54) is 0 Å². The van der Waals surface area contributed by atoms with Crippen molar-refractivity contribution >= 4 is 18.4 Å². The maximum atomic E-state index is 4.98. The molecule has 0 bridgehead atoms. The first-order chi connectivity index (χ1) is 6.70. The van der Waals surface area contributed by atoms with Gasteiger partial charge in [-0.3, -0.25) is 0 Å². The Morgan fingerprint density at radius 1 is 1.50 bits per heavy atom. The molecule has 0 aromatic carbocycles. The lowest BCUT2D eigenvalue weighted by Gasteiger charge is -2.00. The summed E-state index contributed by atoms with van der Waals surface area (Å²) in [6.07, 6.45) is 0. The van der Waals surface area contributed by atoms with Gasteiger partial charge in [-0.05, 0) is 13.0 Å². The average Bonchev–Trinajstić information content (AvgIpc) is 2.47. The molecule has 6 heteroatoms. The molecule has 0 N–H and O–H groups in total. The van der Waals surface area contributed by atoms with Crippen LogP contribution in [0.25, 0.3) is 5.78 Å². The molecule has 0 amide bonds. The van der Waals surface area contributed by atoms with Crippen molar-refractivity contribution in [3.8, 4) is 0 Å². The number of hydrogen-bond acceptors (Lipinski definition) is 5. The summed E-state index contributed by atoms with van der Waals surface area (Å²) in [5, 5.41) is 4.85. The normalized spacial score (nSPS) is 11.1. The number of nitrogens with zero attached hydrogens (tertiary/aromatic N) is 4. The minimum atomic E-state index is 0.454. The van der Waals surface area contributed by atoms with Gasteiger partial charge in [-0.25, -0.2) is 4.98 Å². The highest BCUT2D eigenvalue weighted by atomic mass is 32.1. The number of ether oxygens (including phenoxy) is 1. The average molecular weight is 210 g/mol. The summed E-state index contributed by atoms with van der Waals surface area (Å²) in [5.41, 5.74) is 0.803. The summed E-state index contributed by atoms with van der Waals surface area (Å²) in [6, 6.07) is 1.81. The van der Waals surface area contributed by atoms with E-state index in [-0.39, 0.29) is 0 Å². The second kappa shape index (κ2) is 3.55. The first-order valence-corrected chi connectivity index (χ1v) is 4.56. The van der Waals surface area contributed by atoms with Gasteiger partial charge in [0.05, 0.1) is 12.3 Å². The van der Waals surface area contributed by atoms with E-state index in [1.807, 2.05) is 13.0 Å². The van der Waals surface area contributed by atoms with Gasteiger partial charge in [-0.2, -0.15) is 9.50 Å². The van der Waals surface area contributed by atoms with Gasteiger partial charge in [0.2, 0.25) is 0 Å². The quantitative estimate of drug-likeness (QED) is 0.590. The first-order valence-electron chi connectivity index (χ1n) is 4.12. The Balaban J connectivity index is 2.59. The monoisotopic (exact) mass is 210 g/mol. The third-order valence-electron chi connectivity index (χ3n) is 1.74. The van der Waals surface area contributed by atoms with Crippen molar-refractivity contribution in [3.05, 3.63) is 17.6 Å². The van der Waals surface area contributed by atoms with Crippen LogP contribution in [0.3, 0.4) is 0 Å². The maximum absolute atomic E-state index is 4.98. The molecular weight excluding hydrogens is 200 g/mol. The molecule has 0 fully saturated rings. The highest BCUT2D eigenvalue weighted by molar-refractivity contribution is 7.80. The Bertz CT molecular complexity index is 468. The van der Waals surface area contributed by atoms with Crippen LogP contribution in [0.2, 0.25) is 0 Å². The molecule has 0 spiro atoms. The van der Waals surface area contributed by atoms with E-state index in [1.54, 1.807) is 11.6 Å². The molecule has 0 aliphatic rings. The molecule has 74 valence electrons. The Morgan fingerprint density at radius 3 is 3.00 bits per heavy atom. The van der Waals surface area contributed by atoms with Crippen LogP contribution < -0.4 is 0 Å². The molecule has 5 nitrogen and oxygen atoms in total. The largest absolute Gasteiger partial charge is 0.378 e. The summed E-state index contributed by atoms with van der Waals surface area (Å²) in [6.45, 7) is 2.27. The number of aryl methyl sites for hydroxylation is 1. The number of methoxy groups -OCH3 is 1. The number of aromatic nitrogens is 4. The standard InChI is InChI=1S/C8H10N4OS/c1-5-9-8-10-6(4-13-2)3-7(14)12(8)11-5/h3,14H,4H2,1-2H3. The van der Waals surface area contributed by atoms with Crippen molar-refractivity contribution in [2.75, 3.05) is 7.11 Å². The Labute approximate surface area is 86.5 Å². The van der Waals surface area contributed by atoms with Crippen LogP contribution in [-0.4, -0.2) is 26.7 Å². The number of hydrogen-bond donors (Lipinski definition) is 1. The SMILES string of the molecule is COCc1cc(S)n2nc(C)nc2n1. The maximum Gasteiger partial charge on any atom is 0.253 e. The molecule has 0 unspecified atom stereocenters. The molecule has 2 rings (SSSR count). The Morgan fingerprint density at radius 2 is 2.29 bits per heavy atom. The highest BCUT2D eigenvalue weighted by Crippen LogP contribution is 2.10. The van der Waals surface area contributed by atoms with Crippen LogP contribution in [0.15, 0.2) is 11.1 Å². The second-order valence-corrected chi connectivity index (χ2v) is 3.37. The van der Waals surface area contributed by atoms with Crippen molar-refractivity contribution in [2.24, 2.45) is 0 Å². The molecule has 2 aromatic heterocycles. The molecule has 2 aromatic rings. The van der Waals surface area contributed by atoms with Crippen molar-refractivity contribution in [3.63, 3.8) is 0 Å². The Hall–Kier alpha value is -1.14. The number of rotatable bonds is 2. The molecule has 0 saturated heterocycles. The molecule has 0 aliphatic carbocycles. The minimum Gasteiger partial charge on any atom is -0.378 e. The number of fused-ring (bicyclic) bond motifs is 1. The minimum absolute atomic E-state index is 0.454. The van der Waals surface area contributed by atoms with E-state index in [4.69, 9.17) is 4.74 Å². The van der Waals surface area contributed by atoms with E-state index in [0.717, 1.165) is 5.69 Å². The summed E-state index contributed by atoms with van der Waals surface area (Å²) in [4.78, 5) is 8.42. The van der Waals surface area contributed by atoms with Crippen LogP contribution in [-0.2, 0) is 11.3 Å². The van der Waals surface area contributed by atoms with Gasteiger partial charge in [-0.15, -0.1) is 17.7 Å². The topological polar surface area (TPSA) is 52.3 Å². The highest BCUT2D eigenvalue weighted by Gasteiger charge is 2.06. The second-order valence-electron chi connectivity index (χ2n) is 2.91. The van der Waals surface area contributed by atoms with E-state index in [9.17, 15) is 0 Å². The predicted octanol–water partition coefficient (Wildman–Crippen LogP) is 0.868. The Kier molecular flexibility index (Phi) is 2.39.